The van der Waals surface area contributed by atoms with Gasteiger partial charge in [-0.2, -0.15) is 0 Å². The van der Waals surface area contributed by atoms with Crippen LogP contribution in [-0.4, -0.2) is 15.0 Å². The molecule has 9 aromatic carbocycles. The molecule has 0 atom stereocenters. The Labute approximate surface area is 388 Å². The SMILES string of the molecule is CC1(C)c2ccccc2-c2cc(-c3cccc(-c4ccc5oc6cccc(-c7nc(-c8cccc9sc%10ccccc%10c89)nc(-c8cccc9sc%10ccccc%10c89)n7)c6c5c4)c3)ccc21. The zero-order chi connectivity index (χ0) is 43.7. The summed E-state index contributed by atoms with van der Waals surface area (Å²) in [6.45, 7) is 4.66. The number of nitrogens with zero attached hydrogens (tertiary/aromatic N) is 3. The molecule has 1 aliphatic rings. The molecule has 0 bridgehead atoms. The maximum Gasteiger partial charge on any atom is 0.164 e. The zero-order valence-corrected chi connectivity index (χ0v) is 37.6. The van der Waals surface area contributed by atoms with E-state index in [4.69, 9.17) is 19.4 Å². The zero-order valence-electron chi connectivity index (χ0n) is 36.0. The summed E-state index contributed by atoms with van der Waals surface area (Å²) in [6.07, 6.45) is 0. The van der Waals surface area contributed by atoms with Crippen LogP contribution in [0.25, 0.3) is 130 Å². The summed E-state index contributed by atoms with van der Waals surface area (Å²) in [4.78, 5) is 16.2. The summed E-state index contributed by atoms with van der Waals surface area (Å²) in [6, 6.07) is 67.6. The first-order valence-corrected chi connectivity index (χ1v) is 24.0. The number of hydrogen-bond acceptors (Lipinski definition) is 6. The second-order valence-corrected chi connectivity index (χ2v) is 20.0. The molecule has 0 amide bonds. The highest BCUT2D eigenvalue weighted by atomic mass is 32.1. The molecule has 4 heterocycles. The molecule has 0 unspecified atom stereocenters. The normalized spacial score (nSPS) is 13.1. The summed E-state index contributed by atoms with van der Waals surface area (Å²) in [7, 11) is 0. The van der Waals surface area contributed by atoms with E-state index in [1.165, 1.54) is 63.0 Å². The van der Waals surface area contributed by atoms with Crippen molar-refractivity contribution in [3.8, 4) is 67.5 Å². The molecule has 4 nitrogen and oxygen atoms in total. The van der Waals surface area contributed by atoms with Crippen LogP contribution in [0.2, 0.25) is 0 Å². The minimum Gasteiger partial charge on any atom is -0.456 e. The van der Waals surface area contributed by atoms with Gasteiger partial charge in [0.2, 0.25) is 0 Å². The van der Waals surface area contributed by atoms with E-state index in [-0.39, 0.29) is 5.41 Å². The third-order valence-corrected chi connectivity index (χ3v) is 16.0. The summed E-state index contributed by atoms with van der Waals surface area (Å²) in [5.41, 5.74) is 14.5. The van der Waals surface area contributed by atoms with E-state index in [2.05, 4.69) is 190 Å². The van der Waals surface area contributed by atoms with Crippen LogP contribution in [0.5, 0.6) is 0 Å². The quantitative estimate of drug-likeness (QED) is 0.173. The fourth-order valence-corrected chi connectivity index (χ4v) is 12.9. The van der Waals surface area contributed by atoms with Gasteiger partial charge in [-0.25, -0.2) is 15.0 Å². The lowest BCUT2D eigenvalue weighted by atomic mass is 9.82. The highest BCUT2D eigenvalue weighted by Crippen LogP contribution is 2.50. The second-order valence-electron chi connectivity index (χ2n) is 17.9. The van der Waals surface area contributed by atoms with Crippen LogP contribution < -0.4 is 0 Å². The lowest BCUT2D eigenvalue weighted by Crippen LogP contribution is -2.14. The predicted molar refractivity (Wildman–Crippen MR) is 278 cm³/mol. The minimum absolute atomic E-state index is 0.0295. The summed E-state index contributed by atoms with van der Waals surface area (Å²) >= 11 is 3.60. The number of furan rings is 1. The Morgan fingerprint density at radius 2 is 0.833 bits per heavy atom. The molecule has 14 rings (SSSR count). The number of rotatable bonds is 5. The van der Waals surface area contributed by atoms with Crippen LogP contribution in [-0.2, 0) is 5.41 Å². The van der Waals surface area contributed by atoms with Crippen molar-refractivity contribution in [2.75, 3.05) is 0 Å². The van der Waals surface area contributed by atoms with Crippen LogP contribution >= 0.6 is 22.7 Å². The molecule has 0 radical (unpaired) electrons. The van der Waals surface area contributed by atoms with E-state index in [9.17, 15) is 0 Å². The molecule has 6 heteroatoms. The molecule has 0 aliphatic heterocycles. The molecule has 4 aromatic heterocycles. The molecule has 1 aliphatic carbocycles. The molecule has 13 aromatic rings. The van der Waals surface area contributed by atoms with Gasteiger partial charge in [0.05, 0.1) is 0 Å². The van der Waals surface area contributed by atoms with E-state index < -0.39 is 0 Å². The molecule has 0 fully saturated rings. The van der Waals surface area contributed by atoms with Gasteiger partial charge in [-0.3, -0.25) is 0 Å². The first-order valence-electron chi connectivity index (χ1n) is 22.3. The second kappa shape index (κ2) is 14.1. The van der Waals surface area contributed by atoms with Crippen molar-refractivity contribution < 1.29 is 4.42 Å². The molecule has 0 saturated heterocycles. The van der Waals surface area contributed by atoms with E-state index in [1.54, 1.807) is 22.7 Å². The summed E-state index contributed by atoms with van der Waals surface area (Å²) in [5, 5.41) is 6.72. The van der Waals surface area contributed by atoms with Crippen LogP contribution in [0.4, 0.5) is 0 Å². The van der Waals surface area contributed by atoms with Gasteiger partial charge in [0.25, 0.3) is 0 Å². The average Bonchev–Trinajstić information content (AvgIpc) is 4.11. The van der Waals surface area contributed by atoms with Gasteiger partial charge in [-0.15, -0.1) is 22.7 Å². The summed E-state index contributed by atoms with van der Waals surface area (Å²) < 4.78 is 11.5. The Morgan fingerprint density at radius 1 is 0.348 bits per heavy atom. The van der Waals surface area contributed by atoms with Crippen molar-refractivity contribution in [1.29, 1.82) is 0 Å². The lowest BCUT2D eigenvalue weighted by molar-refractivity contribution is 0.660. The van der Waals surface area contributed by atoms with Crippen molar-refractivity contribution in [2.45, 2.75) is 19.3 Å². The van der Waals surface area contributed by atoms with Gasteiger partial charge < -0.3 is 4.42 Å². The number of fused-ring (bicyclic) bond motifs is 12. The van der Waals surface area contributed by atoms with Gasteiger partial charge in [-0.1, -0.05) is 147 Å². The van der Waals surface area contributed by atoms with Crippen molar-refractivity contribution in [3.63, 3.8) is 0 Å². The first-order chi connectivity index (χ1) is 32.4. The van der Waals surface area contributed by atoms with Crippen molar-refractivity contribution in [1.82, 2.24) is 15.0 Å². The van der Waals surface area contributed by atoms with E-state index >= 15 is 0 Å². The fourth-order valence-electron chi connectivity index (χ4n) is 10.6. The molecule has 66 heavy (non-hydrogen) atoms. The maximum absolute atomic E-state index is 6.64. The lowest BCUT2D eigenvalue weighted by Gasteiger charge is -2.21. The minimum atomic E-state index is -0.0295. The number of aromatic nitrogens is 3. The van der Waals surface area contributed by atoms with E-state index in [0.717, 1.165) is 60.5 Å². The third kappa shape index (κ3) is 5.59. The molecule has 310 valence electrons. The Hall–Kier alpha value is -7.77. The highest BCUT2D eigenvalue weighted by Gasteiger charge is 2.35. The Bertz CT molecular complexity index is 4040. The standard InChI is InChI=1S/C60H37N3OS2/c1-60(2)46-21-6-3-15-38(46)44-32-36(27-29-47(44)60)34-13-9-14-35(31-34)37-28-30-48-45(33-37)54-41(18-10-22-49(54)64-48)57-61-58(42-19-11-25-52-55(42)39-16-4-7-23-50(39)65-52)63-59(62-57)43-20-12-26-53-56(43)40-17-5-8-24-51(40)66-53/h3-33H,1-2H3. The Kier molecular flexibility index (Phi) is 8.04. The topological polar surface area (TPSA) is 51.8 Å². The van der Waals surface area contributed by atoms with Gasteiger partial charge in [0.15, 0.2) is 17.5 Å². The van der Waals surface area contributed by atoms with Crippen molar-refractivity contribution >= 4 is 85.0 Å². The molecular weight excluding hydrogens is 843 g/mol. The maximum atomic E-state index is 6.64. The fraction of sp³-hybridized carbons (Fsp3) is 0.0500. The monoisotopic (exact) mass is 879 g/mol. The number of hydrogen-bond donors (Lipinski definition) is 0. The van der Waals surface area contributed by atoms with Gasteiger partial charge in [-0.05, 0) is 99.1 Å². The smallest absolute Gasteiger partial charge is 0.164 e. The van der Waals surface area contributed by atoms with Gasteiger partial charge in [0.1, 0.15) is 11.2 Å². The van der Waals surface area contributed by atoms with E-state index in [0.29, 0.717) is 17.5 Å². The number of thiophene rings is 2. The van der Waals surface area contributed by atoms with Gasteiger partial charge in [0, 0.05) is 73.2 Å². The molecular formula is C60H37N3OS2. The highest BCUT2D eigenvalue weighted by molar-refractivity contribution is 7.26. The van der Waals surface area contributed by atoms with Crippen molar-refractivity contribution in [3.05, 3.63) is 199 Å². The van der Waals surface area contributed by atoms with Crippen LogP contribution in [0, 0.1) is 0 Å². The van der Waals surface area contributed by atoms with Gasteiger partial charge >= 0.3 is 0 Å². The van der Waals surface area contributed by atoms with Crippen LogP contribution in [0.1, 0.15) is 25.0 Å². The van der Waals surface area contributed by atoms with Crippen LogP contribution in [0.3, 0.4) is 0 Å². The Morgan fingerprint density at radius 3 is 1.50 bits per heavy atom. The third-order valence-electron chi connectivity index (χ3n) is 13.8. The largest absolute Gasteiger partial charge is 0.456 e. The van der Waals surface area contributed by atoms with E-state index in [1.807, 2.05) is 12.1 Å². The first kappa shape index (κ1) is 37.6. The molecule has 0 N–H and O–H groups in total. The molecule has 0 saturated carbocycles. The van der Waals surface area contributed by atoms with Crippen LogP contribution in [0.15, 0.2) is 192 Å². The average molecular weight is 880 g/mol. The summed E-state index contributed by atoms with van der Waals surface area (Å²) in [5.74, 6) is 1.88. The molecule has 0 spiro atoms. The number of benzene rings is 9. The Balaban J connectivity index is 0.954. The predicted octanol–water partition coefficient (Wildman–Crippen LogP) is 17.1. The van der Waals surface area contributed by atoms with Crippen molar-refractivity contribution in [2.24, 2.45) is 0 Å².